The van der Waals surface area contributed by atoms with Crippen LogP contribution in [-0.2, 0) is 9.53 Å². The molecule has 0 heterocycles. The van der Waals surface area contributed by atoms with Gasteiger partial charge in [-0.05, 0) is 22.8 Å². The van der Waals surface area contributed by atoms with Crippen LogP contribution in [0.15, 0.2) is 42.5 Å². The summed E-state index contributed by atoms with van der Waals surface area (Å²) in [6.45, 7) is 2.43. The molecular formula is C16H19NO2. The van der Waals surface area contributed by atoms with E-state index in [9.17, 15) is 4.79 Å². The third kappa shape index (κ3) is 3.32. The van der Waals surface area contributed by atoms with Gasteiger partial charge in [0.25, 0.3) is 0 Å². The minimum atomic E-state index is -0.324. The summed E-state index contributed by atoms with van der Waals surface area (Å²) in [5.74, 6) is -0.234. The van der Waals surface area contributed by atoms with Crippen molar-refractivity contribution in [3.05, 3.63) is 48.0 Å². The van der Waals surface area contributed by atoms with Gasteiger partial charge in [0.2, 0.25) is 0 Å². The van der Waals surface area contributed by atoms with E-state index in [4.69, 9.17) is 10.5 Å². The minimum absolute atomic E-state index is 0.216. The molecule has 0 spiro atoms. The second kappa shape index (κ2) is 6.34. The number of carbonyl (C=O) groups is 1. The van der Waals surface area contributed by atoms with Gasteiger partial charge in [0, 0.05) is 6.04 Å². The number of fused-ring (bicyclic) bond motifs is 1. The first-order chi connectivity index (χ1) is 9.22. The topological polar surface area (TPSA) is 52.3 Å². The van der Waals surface area contributed by atoms with Crippen molar-refractivity contribution in [2.24, 2.45) is 5.73 Å². The lowest BCUT2D eigenvalue weighted by Gasteiger charge is -2.14. The van der Waals surface area contributed by atoms with Crippen molar-refractivity contribution in [1.82, 2.24) is 0 Å². The van der Waals surface area contributed by atoms with Gasteiger partial charge < -0.3 is 10.5 Å². The molecule has 2 N–H and O–H groups in total. The van der Waals surface area contributed by atoms with Gasteiger partial charge in [-0.25, -0.2) is 0 Å². The fourth-order valence-corrected chi connectivity index (χ4v) is 2.14. The van der Waals surface area contributed by atoms with Gasteiger partial charge in [0.05, 0.1) is 13.0 Å². The Morgan fingerprint density at radius 2 is 1.95 bits per heavy atom. The summed E-state index contributed by atoms with van der Waals surface area (Å²) in [5.41, 5.74) is 7.13. The van der Waals surface area contributed by atoms with Crippen LogP contribution in [0.2, 0.25) is 0 Å². The number of ether oxygens (including phenoxy) is 1. The fraction of sp³-hybridized carbons (Fsp3) is 0.312. The molecule has 0 bridgehead atoms. The average molecular weight is 257 g/mol. The molecular weight excluding hydrogens is 238 g/mol. The molecule has 0 aliphatic heterocycles. The molecule has 2 rings (SSSR count). The van der Waals surface area contributed by atoms with Crippen LogP contribution in [0, 0.1) is 0 Å². The molecule has 19 heavy (non-hydrogen) atoms. The van der Waals surface area contributed by atoms with Gasteiger partial charge in [-0.2, -0.15) is 0 Å². The standard InChI is InChI=1S/C16H19NO2/c1-2-10-19-16(18)11-15(17)14-9-5-7-12-6-3-4-8-13(12)14/h3-9,15H,2,10-11,17H2,1H3. The van der Waals surface area contributed by atoms with Crippen molar-refractivity contribution in [2.45, 2.75) is 25.8 Å². The number of hydrogen-bond acceptors (Lipinski definition) is 3. The van der Waals surface area contributed by atoms with Crippen molar-refractivity contribution in [3.63, 3.8) is 0 Å². The Bertz CT molecular complexity index is 560. The molecule has 0 aliphatic carbocycles. The second-order valence-corrected chi connectivity index (χ2v) is 4.60. The van der Waals surface area contributed by atoms with Crippen LogP contribution in [0.1, 0.15) is 31.4 Å². The van der Waals surface area contributed by atoms with Gasteiger partial charge in [-0.15, -0.1) is 0 Å². The maximum Gasteiger partial charge on any atom is 0.307 e. The van der Waals surface area contributed by atoms with E-state index in [1.807, 2.05) is 49.4 Å². The first-order valence-corrected chi connectivity index (χ1v) is 6.61. The minimum Gasteiger partial charge on any atom is -0.466 e. The van der Waals surface area contributed by atoms with Crippen LogP contribution >= 0.6 is 0 Å². The first kappa shape index (κ1) is 13.6. The number of carbonyl (C=O) groups excluding carboxylic acids is 1. The van der Waals surface area contributed by atoms with E-state index in [1.165, 1.54) is 0 Å². The van der Waals surface area contributed by atoms with E-state index in [2.05, 4.69) is 0 Å². The van der Waals surface area contributed by atoms with Crippen LogP contribution < -0.4 is 5.73 Å². The van der Waals surface area contributed by atoms with Crippen LogP contribution in [0.3, 0.4) is 0 Å². The smallest absolute Gasteiger partial charge is 0.307 e. The van der Waals surface area contributed by atoms with Crippen LogP contribution in [-0.4, -0.2) is 12.6 Å². The summed E-state index contributed by atoms with van der Waals surface area (Å²) in [5, 5.41) is 2.23. The number of esters is 1. The van der Waals surface area contributed by atoms with Gasteiger partial charge in [0.15, 0.2) is 0 Å². The molecule has 0 amide bonds. The Kier molecular flexibility index (Phi) is 4.53. The van der Waals surface area contributed by atoms with Crippen LogP contribution in [0.4, 0.5) is 0 Å². The van der Waals surface area contributed by atoms with E-state index in [0.29, 0.717) is 6.61 Å². The lowest BCUT2D eigenvalue weighted by atomic mass is 9.97. The van der Waals surface area contributed by atoms with Crippen LogP contribution in [0.25, 0.3) is 10.8 Å². The van der Waals surface area contributed by atoms with E-state index in [1.54, 1.807) is 0 Å². The molecule has 2 aromatic carbocycles. The number of hydrogen-bond donors (Lipinski definition) is 1. The highest BCUT2D eigenvalue weighted by Gasteiger charge is 2.14. The summed E-state index contributed by atoms with van der Waals surface area (Å²) in [4.78, 5) is 11.6. The molecule has 0 radical (unpaired) electrons. The van der Waals surface area contributed by atoms with Gasteiger partial charge in [-0.1, -0.05) is 49.4 Å². The SMILES string of the molecule is CCCOC(=O)CC(N)c1cccc2ccccc12. The average Bonchev–Trinajstić information content (AvgIpc) is 2.44. The molecule has 3 nitrogen and oxygen atoms in total. The zero-order valence-corrected chi connectivity index (χ0v) is 11.1. The second-order valence-electron chi connectivity index (χ2n) is 4.60. The van der Waals surface area contributed by atoms with Crippen molar-refractivity contribution < 1.29 is 9.53 Å². The maximum absolute atomic E-state index is 11.6. The third-order valence-corrected chi connectivity index (χ3v) is 3.08. The zero-order chi connectivity index (χ0) is 13.7. The molecule has 1 unspecified atom stereocenters. The van der Waals surface area contributed by atoms with Crippen LogP contribution in [0.5, 0.6) is 0 Å². The number of nitrogens with two attached hydrogens (primary N) is 1. The number of benzene rings is 2. The molecule has 100 valence electrons. The molecule has 0 saturated carbocycles. The summed E-state index contributed by atoms with van der Waals surface area (Å²) >= 11 is 0. The summed E-state index contributed by atoms with van der Waals surface area (Å²) in [6.07, 6.45) is 1.04. The third-order valence-electron chi connectivity index (χ3n) is 3.08. The van der Waals surface area contributed by atoms with Gasteiger partial charge in [-0.3, -0.25) is 4.79 Å². The van der Waals surface area contributed by atoms with Gasteiger partial charge >= 0.3 is 5.97 Å². The zero-order valence-electron chi connectivity index (χ0n) is 11.1. The predicted molar refractivity (Wildman–Crippen MR) is 76.7 cm³/mol. The number of rotatable bonds is 5. The first-order valence-electron chi connectivity index (χ1n) is 6.61. The lowest BCUT2D eigenvalue weighted by Crippen LogP contribution is -2.17. The molecule has 0 fully saturated rings. The normalized spacial score (nSPS) is 12.3. The Morgan fingerprint density at radius 3 is 2.74 bits per heavy atom. The predicted octanol–water partition coefficient (Wildman–Crippen LogP) is 3.18. The van der Waals surface area contributed by atoms with Crippen molar-refractivity contribution in [2.75, 3.05) is 6.61 Å². The van der Waals surface area contributed by atoms with E-state index in [0.717, 1.165) is 22.8 Å². The highest BCUT2D eigenvalue weighted by Crippen LogP contribution is 2.24. The van der Waals surface area contributed by atoms with Crippen molar-refractivity contribution in [1.29, 1.82) is 0 Å². The largest absolute Gasteiger partial charge is 0.466 e. The maximum atomic E-state index is 11.6. The molecule has 0 aliphatic rings. The Morgan fingerprint density at radius 1 is 1.21 bits per heavy atom. The summed E-state index contributed by atoms with van der Waals surface area (Å²) in [7, 11) is 0. The molecule has 0 saturated heterocycles. The monoisotopic (exact) mass is 257 g/mol. The summed E-state index contributed by atoms with van der Waals surface area (Å²) in [6, 6.07) is 13.7. The molecule has 1 atom stereocenters. The van der Waals surface area contributed by atoms with E-state index < -0.39 is 0 Å². The summed E-state index contributed by atoms with van der Waals surface area (Å²) < 4.78 is 5.08. The highest BCUT2D eigenvalue weighted by molar-refractivity contribution is 5.86. The lowest BCUT2D eigenvalue weighted by molar-refractivity contribution is -0.144. The fourth-order valence-electron chi connectivity index (χ4n) is 2.14. The highest BCUT2D eigenvalue weighted by atomic mass is 16.5. The molecule has 2 aromatic rings. The Hall–Kier alpha value is -1.87. The van der Waals surface area contributed by atoms with Crippen molar-refractivity contribution >= 4 is 16.7 Å². The Balaban J connectivity index is 2.17. The van der Waals surface area contributed by atoms with E-state index >= 15 is 0 Å². The van der Waals surface area contributed by atoms with Crippen molar-refractivity contribution in [3.8, 4) is 0 Å². The van der Waals surface area contributed by atoms with Gasteiger partial charge in [0.1, 0.15) is 0 Å². The molecule has 3 heteroatoms. The Labute approximate surface area is 113 Å². The molecule has 0 aromatic heterocycles. The quantitative estimate of drug-likeness (QED) is 0.837. The van der Waals surface area contributed by atoms with E-state index in [-0.39, 0.29) is 18.4 Å².